The molecule has 0 saturated carbocycles. The molecule has 4 nitrogen and oxygen atoms in total. The summed E-state index contributed by atoms with van der Waals surface area (Å²) < 4.78 is 0. The topological polar surface area (TPSA) is 41.0 Å². The fraction of sp³-hybridized carbons (Fsp3) is 0.286. The van der Waals surface area contributed by atoms with Gasteiger partial charge in [0, 0.05) is 44.4 Å². The summed E-state index contributed by atoms with van der Waals surface area (Å²) in [6.07, 6.45) is 5.54. The molecule has 0 radical (unpaired) electrons. The Morgan fingerprint density at radius 1 is 1.28 bits per heavy atom. The van der Waals surface area contributed by atoms with Crippen LogP contribution in [0.4, 0.5) is 5.69 Å². The summed E-state index contributed by atoms with van der Waals surface area (Å²) in [7, 11) is 4.00. The molecule has 2 rings (SSSR count). The van der Waals surface area contributed by atoms with Crippen molar-refractivity contribution in [1.29, 1.82) is 0 Å². The highest BCUT2D eigenvalue weighted by molar-refractivity contribution is 5.46. The monoisotopic (exact) mass is 242 g/mol. The summed E-state index contributed by atoms with van der Waals surface area (Å²) in [5.74, 6) is 0. The highest BCUT2D eigenvalue weighted by atomic mass is 15.1. The molecule has 2 heterocycles. The van der Waals surface area contributed by atoms with E-state index in [2.05, 4.69) is 39.4 Å². The largest absolute Gasteiger partial charge is 0.370 e. The smallest absolute Gasteiger partial charge is 0.0562 e. The van der Waals surface area contributed by atoms with E-state index in [-0.39, 0.29) is 0 Å². The van der Waals surface area contributed by atoms with E-state index in [4.69, 9.17) is 0 Å². The van der Waals surface area contributed by atoms with Crippen LogP contribution in [0, 0.1) is 0 Å². The number of pyridine rings is 2. The van der Waals surface area contributed by atoms with Crippen LogP contribution >= 0.6 is 0 Å². The van der Waals surface area contributed by atoms with Crippen LogP contribution in [0.1, 0.15) is 11.3 Å². The van der Waals surface area contributed by atoms with Gasteiger partial charge in [0.2, 0.25) is 0 Å². The Hall–Kier alpha value is -1.94. The molecule has 4 heteroatoms. The Balaban J connectivity index is 2.08. The molecule has 94 valence electrons. The molecule has 0 saturated heterocycles. The summed E-state index contributed by atoms with van der Waals surface area (Å²) in [6.45, 7) is 1.63. The van der Waals surface area contributed by atoms with Crippen molar-refractivity contribution in [2.45, 2.75) is 13.1 Å². The lowest BCUT2D eigenvalue weighted by Gasteiger charge is -2.19. The third-order valence-electron chi connectivity index (χ3n) is 2.74. The lowest BCUT2D eigenvalue weighted by atomic mass is 10.2. The molecular weight excluding hydrogens is 224 g/mol. The Bertz CT molecular complexity index is 484. The van der Waals surface area contributed by atoms with Crippen molar-refractivity contribution in [2.24, 2.45) is 0 Å². The average molecular weight is 242 g/mol. The SMILES string of the molecule is CNCc1cc(N(C)Cc2cccnc2)ccn1. The lowest BCUT2D eigenvalue weighted by molar-refractivity contribution is 0.788. The van der Waals surface area contributed by atoms with E-state index in [1.165, 1.54) is 11.3 Å². The first kappa shape index (κ1) is 12.5. The molecule has 0 aromatic carbocycles. The van der Waals surface area contributed by atoms with Gasteiger partial charge >= 0.3 is 0 Å². The van der Waals surface area contributed by atoms with Crippen LogP contribution in [0.15, 0.2) is 42.9 Å². The van der Waals surface area contributed by atoms with Crippen LogP contribution in [-0.2, 0) is 13.1 Å². The first-order valence-electron chi connectivity index (χ1n) is 5.99. The van der Waals surface area contributed by atoms with Gasteiger partial charge in [0.15, 0.2) is 0 Å². The number of nitrogens with zero attached hydrogens (tertiary/aromatic N) is 3. The van der Waals surface area contributed by atoms with E-state index in [1.807, 2.05) is 31.6 Å². The number of hydrogen-bond acceptors (Lipinski definition) is 4. The van der Waals surface area contributed by atoms with Crippen molar-refractivity contribution in [3.63, 3.8) is 0 Å². The highest BCUT2D eigenvalue weighted by Crippen LogP contribution is 2.15. The fourth-order valence-electron chi connectivity index (χ4n) is 1.84. The standard InChI is InChI=1S/C14H18N4/c1-15-10-13-8-14(5-7-17-13)18(2)11-12-4-3-6-16-9-12/h3-9,15H,10-11H2,1-2H3. The molecule has 0 bridgehead atoms. The predicted octanol–water partition coefficient (Wildman–Crippen LogP) is 1.83. The van der Waals surface area contributed by atoms with Crippen LogP contribution in [-0.4, -0.2) is 24.1 Å². The van der Waals surface area contributed by atoms with Crippen molar-refractivity contribution in [2.75, 3.05) is 19.0 Å². The van der Waals surface area contributed by atoms with Crippen molar-refractivity contribution in [1.82, 2.24) is 15.3 Å². The van der Waals surface area contributed by atoms with Gasteiger partial charge < -0.3 is 10.2 Å². The molecule has 2 aromatic heterocycles. The Morgan fingerprint density at radius 2 is 2.17 bits per heavy atom. The van der Waals surface area contributed by atoms with E-state index >= 15 is 0 Å². The quantitative estimate of drug-likeness (QED) is 0.868. The van der Waals surface area contributed by atoms with Gasteiger partial charge in [-0.25, -0.2) is 0 Å². The summed E-state index contributed by atoms with van der Waals surface area (Å²) in [4.78, 5) is 10.6. The normalized spacial score (nSPS) is 10.3. The van der Waals surface area contributed by atoms with Crippen LogP contribution in [0.2, 0.25) is 0 Å². The summed E-state index contributed by atoms with van der Waals surface area (Å²) in [5.41, 5.74) is 3.42. The number of rotatable bonds is 5. The second-order valence-electron chi connectivity index (χ2n) is 4.25. The van der Waals surface area contributed by atoms with Crippen molar-refractivity contribution in [3.8, 4) is 0 Å². The lowest BCUT2D eigenvalue weighted by Crippen LogP contribution is -2.17. The maximum Gasteiger partial charge on any atom is 0.0562 e. The van der Waals surface area contributed by atoms with E-state index in [0.717, 1.165) is 18.8 Å². The molecule has 1 N–H and O–H groups in total. The fourth-order valence-corrected chi connectivity index (χ4v) is 1.84. The number of anilines is 1. The van der Waals surface area contributed by atoms with E-state index < -0.39 is 0 Å². The molecule has 2 aromatic rings. The first-order chi connectivity index (χ1) is 8.79. The number of aromatic nitrogens is 2. The zero-order valence-corrected chi connectivity index (χ0v) is 10.8. The Kier molecular flexibility index (Phi) is 4.25. The second kappa shape index (κ2) is 6.12. The molecule has 0 aliphatic heterocycles. The van der Waals surface area contributed by atoms with Crippen LogP contribution in [0.3, 0.4) is 0 Å². The van der Waals surface area contributed by atoms with Gasteiger partial charge in [-0.3, -0.25) is 9.97 Å². The number of nitrogens with one attached hydrogen (secondary N) is 1. The van der Waals surface area contributed by atoms with Crippen molar-refractivity contribution in [3.05, 3.63) is 54.1 Å². The third-order valence-corrected chi connectivity index (χ3v) is 2.74. The molecule has 18 heavy (non-hydrogen) atoms. The average Bonchev–Trinajstić information content (AvgIpc) is 2.40. The number of hydrogen-bond donors (Lipinski definition) is 1. The first-order valence-corrected chi connectivity index (χ1v) is 5.99. The van der Waals surface area contributed by atoms with Crippen LogP contribution < -0.4 is 10.2 Å². The van der Waals surface area contributed by atoms with Crippen molar-refractivity contribution >= 4 is 5.69 Å². The predicted molar refractivity (Wildman–Crippen MR) is 73.3 cm³/mol. The maximum absolute atomic E-state index is 4.32. The van der Waals surface area contributed by atoms with Gasteiger partial charge in [-0.1, -0.05) is 6.07 Å². The molecule has 0 amide bonds. The molecule has 0 fully saturated rings. The maximum atomic E-state index is 4.32. The zero-order chi connectivity index (χ0) is 12.8. The van der Waals surface area contributed by atoms with Gasteiger partial charge in [-0.15, -0.1) is 0 Å². The van der Waals surface area contributed by atoms with Crippen LogP contribution in [0.5, 0.6) is 0 Å². The van der Waals surface area contributed by atoms with E-state index in [9.17, 15) is 0 Å². The van der Waals surface area contributed by atoms with Crippen molar-refractivity contribution < 1.29 is 0 Å². The Morgan fingerprint density at radius 3 is 2.89 bits per heavy atom. The minimum Gasteiger partial charge on any atom is -0.370 e. The molecule has 0 atom stereocenters. The van der Waals surface area contributed by atoms with E-state index in [1.54, 1.807) is 6.20 Å². The van der Waals surface area contributed by atoms with E-state index in [0.29, 0.717) is 0 Å². The van der Waals surface area contributed by atoms with Crippen LogP contribution in [0.25, 0.3) is 0 Å². The molecule has 0 unspecified atom stereocenters. The van der Waals surface area contributed by atoms with Gasteiger partial charge in [0.25, 0.3) is 0 Å². The minimum absolute atomic E-state index is 0.786. The Labute approximate surface area is 108 Å². The minimum atomic E-state index is 0.786. The van der Waals surface area contributed by atoms with Gasteiger partial charge in [-0.2, -0.15) is 0 Å². The van der Waals surface area contributed by atoms with Gasteiger partial charge in [0.1, 0.15) is 0 Å². The summed E-state index contributed by atoms with van der Waals surface area (Å²) in [6, 6.07) is 8.17. The summed E-state index contributed by atoms with van der Waals surface area (Å²) >= 11 is 0. The third kappa shape index (κ3) is 3.28. The molecule has 0 aliphatic rings. The van der Waals surface area contributed by atoms with Gasteiger partial charge in [-0.05, 0) is 30.8 Å². The highest BCUT2D eigenvalue weighted by Gasteiger charge is 2.03. The molecular formula is C14H18N4. The molecule has 0 spiro atoms. The zero-order valence-electron chi connectivity index (χ0n) is 10.8. The van der Waals surface area contributed by atoms with Gasteiger partial charge in [0.05, 0.1) is 5.69 Å². The molecule has 0 aliphatic carbocycles. The summed E-state index contributed by atoms with van der Waals surface area (Å²) in [5, 5.41) is 3.11. The second-order valence-corrected chi connectivity index (χ2v) is 4.25.